The first-order valence-electron chi connectivity index (χ1n) is 9.27. The fraction of sp³-hybridized carbons (Fsp3) is 0.300. The number of aliphatic hydroxyl groups is 1. The van der Waals surface area contributed by atoms with Gasteiger partial charge in [-0.15, -0.1) is 11.3 Å². The highest BCUT2D eigenvalue weighted by molar-refractivity contribution is 7.10. The van der Waals surface area contributed by atoms with Crippen LogP contribution in [0.1, 0.15) is 52.3 Å². The van der Waals surface area contributed by atoms with Crippen molar-refractivity contribution in [2.24, 2.45) is 0 Å². The van der Waals surface area contributed by atoms with E-state index in [1.807, 2.05) is 0 Å². The number of benzene rings is 1. The van der Waals surface area contributed by atoms with Crippen LogP contribution >= 0.6 is 11.3 Å². The maximum Gasteiger partial charge on any atom is 0.410 e. The Balaban J connectivity index is 1.66. The van der Waals surface area contributed by atoms with Crippen LogP contribution < -0.4 is 10.6 Å². The Morgan fingerprint density at radius 1 is 1.37 bits per heavy atom. The fourth-order valence-corrected chi connectivity index (χ4v) is 4.27. The second-order valence-electron chi connectivity index (χ2n) is 7.11. The van der Waals surface area contributed by atoms with Gasteiger partial charge in [0.05, 0.1) is 18.3 Å². The standard InChI is InChI=1S/C20H19F3N4O2S/c1-11(28)12-4-2-5-13(8-12)25-19(29)14-10-24-27-17(20(21,22)23)9-15(26-18(14)27)16-6-3-7-30-16/h2-8,10-11,15,17,26,28H,9H2,1H3,(H,25,29)/t11-,15+,17+/m0/s1. The number of rotatable bonds is 4. The average molecular weight is 436 g/mol. The molecule has 10 heteroatoms. The number of fused-ring (bicyclic) bond motifs is 1. The van der Waals surface area contributed by atoms with Gasteiger partial charge in [0.1, 0.15) is 11.4 Å². The van der Waals surface area contributed by atoms with Crippen molar-refractivity contribution in [2.45, 2.75) is 37.7 Å². The number of aromatic nitrogens is 2. The van der Waals surface area contributed by atoms with Gasteiger partial charge >= 0.3 is 6.18 Å². The van der Waals surface area contributed by atoms with Crippen LogP contribution in [0, 0.1) is 0 Å². The van der Waals surface area contributed by atoms with E-state index in [9.17, 15) is 23.1 Å². The zero-order valence-electron chi connectivity index (χ0n) is 15.8. The summed E-state index contributed by atoms with van der Waals surface area (Å²) in [7, 11) is 0. The van der Waals surface area contributed by atoms with Gasteiger partial charge in [-0.2, -0.15) is 18.3 Å². The normalized spacial score (nSPS) is 19.6. The topological polar surface area (TPSA) is 79.2 Å². The van der Waals surface area contributed by atoms with Crippen LogP contribution in [0.4, 0.5) is 24.7 Å². The van der Waals surface area contributed by atoms with Crippen LogP contribution in [0.2, 0.25) is 0 Å². The molecule has 30 heavy (non-hydrogen) atoms. The maximum atomic E-state index is 13.7. The first kappa shape index (κ1) is 20.4. The molecule has 2 aromatic heterocycles. The smallest absolute Gasteiger partial charge is 0.389 e. The van der Waals surface area contributed by atoms with Gasteiger partial charge in [0.2, 0.25) is 0 Å². The number of halogens is 3. The largest absolute Gasteiger partial charge is 0.410 e. The van der Waals surface area contributed by atoms with Crippen molar-refractivity contribution in [1.29, 1.82) is 0 Å². The van der Waals surface area contributed by atoms with Gasteiger partial charge in [-0.1, -0.05) is 18.2 Å². The van der Waals surface area contributed by atoms with Gasteiger partial charge in [0.15, 0.2) is 6.04 Å². The monoisotopic (exact) mass is 436 g/mol. The molecule has 0 fully saturated rings. The van der Waals surface area contributed by atoms with Crippen LogP contribution in [0.25, 0.3) is 0 Å². The lowest BCUT2D eigenvalue weighted by Gasteiger charge is -2.33. The molecule has 1 aliphatic rings. The quantitative estimate of drug-likeness (QED) is 0.543. The second-order valence-corrected chi connectivity index (χ2v) is 8.09. The second kappa shape index (κ2) is 7.77. The third-order valence-corrected chi connectivity index (χ3v) is 5.98. The van der Waals surface area contributed by atoms with Crippen LogP contribution in [0.3, 0.4) is 0 Å². The minimum atomic E-state index is -4.50. The molecule has 0 saturated heterocycles. The molecule has 158 valence electrons. The Kier molecular flexibility index (Phi) is 5.29. The van der Waals surface area contributed by atoms with Gasteiger partial charge in [0, 0.05) is 17.0 Å². The van der Waals surface area contributed by atoms with Crippen molar-refractivity contribution in [3.8, 4) is 0 Å². The summed E-state index contributed by atoms with van der Waals surface area (Å²) in [6.45, 7) is 1.60. The fourth-order valence-electron chi connectivity index (χ4n) is 3.48. The summed E-state index contributed by atoms with van der Waals surface area (Å²) in [4.78, 5) is 13.6. The van der Waals surface area contributed by atoms with Gasteiger partial charge in [-0.05, 0) is 36.1 Å². The molecule has 3 atom stereocenters. The SMILES string of the molecule is C[C@H](O)c1cccc(NC(=O)c2cnn3c2N[C@@H](c2cccs2)C[C@@H]3C(F)(F)F)c1. The van der Waals surface area contributed by atoms with E-state index in [1.54, 1.807) is 48.7 Å². The lowest BCUT2D eigenvalue weighted by molar-refractivity contribution is -0.173. The molecule has 1 amide bonds. The summed E-state index contributed by atoms with van der Waals surface area (Å²) in [5.74, 6) is -0.551. The zero-order chi connectivity index (χ0) is 21.5. The van der Waals surface area contributed by atoms with Crippen molar-refractivity contribution >= 4 is 28.7 Å². The van der Waals surface area contributed by atoms with E-state index >= 15 is 0 Å². The van der Waals surface area contributed by atoms with Crippen LogP contribution in [-0.2, 0) is 0 Å². The lowest BCUT2D eigenvalue weighted by atomic mass is 10.0. The predicted octanol–water partition coefficient (Wildman–Crippen LogP) is 4.91. The van der Waals surface area contributed by atoms with Crippen molar-refractivity contribution < 1.29 is 23.1 Å². The van der Waals surface area contributed by atoms with E-state index in [2.05, 4.69) is 15.7 Å². The molecule has 3 heterocycles. The number of anilines is 2. The number of nitrogens with one attached hydrogen (secondary N) is 2. The Bertz CT molecular complexity index is 1050. The Labute approximate surface area is 174 Å². The third-order valence-electron chi connectivity index (χ3n) is 5.00. The summed E-state index contributed by atoms with van der Waals surface area (Å²) in [5, 5.41) is 21.1. The van der Waals surface area contributed by atoms with E-state index in [0.717, 1.165) is 15.8 Å². The van der Waals surface area contributed by atoms with Gasteiger partial charge < -0.3 is 15.7 Å². The van der Waals surface area contributed by atoms with E-state index in [0.29, 0.717) is 11.3 Å². The molecular formula is C20H19F3N4O2S. The number of hydrogen-bond acceptors (Lipinski definition) is 5. The van der Waals surface area contributed by atoms with Gasteiger partial charge in [0.25, 0.3) is 5.91 Å². The number of carbonyl (C=O) groups is 1. The zero-order valence-corrected chi connectivity index (χ0v) is 16.7. The first-order chi connectivity index (χ1) is 14.2. The molecule has 1 aliphatic heterocycles. The molecule has 6 nitrogen and oxygen atoms in total. The first-order valence-corrected chi connectivity index (χ1v) is 10.2. The highest BCUT2D eigenvalue weighted by Gasteiger charge is 2.47. The molecule has 0 unspecified atom stereocenters. The van der Waals surface area contributed by atoms with E-state index in [-0.39, 0.29) is 17.8 Å². The maximum absolute atomic E-state index is 13.7. The molecule has 0 spiro atoms. The highest BCUT2D eigenvalue weighted by atomic mass is 32.1. The average Bonchev–Trinajstić information content (AvgIpc) is 3.36. The molecule has 1 aromatic carbocycles. The number of hydrogen-bond donors (Lipinski definition) is 3. The molecule has 0 bridgehead atoms. The molecule has 4 rings (SSSR count). The minimum Gasteiger partial charge on any atom is -0.389 e. The molecule has 3 aromatic rings. The number of alkyl halides is 3. The van der Waals surface area contributed by atoms with Crippen LogP contribution in [0.15, 0.2) is 48.0 Å². The summed E-state index contributed by atoms with van der Waals surface area (Å²) in [6.07, 6.45) is -4.29. The summed E-state index contributed by atoms with van der Waals surface area (Å²) in [5.41, 5.74) is 1.06. The number of thiophene rings is 1. The van der Waals surface area contributed by atoms with E-state index in [4.69, 9.17) is 0 Å². The molecule has 3 N–H and O–H groups in total. The summed E-state index contributed by atoms with van der Waals surface area (Å²) < 4.78 is 41.9. The molecule has 0 aliphatic carbocycles. The molecule has 0 saturated carbocycles. The van der Waals surface area contributed by atoms with Gasteiger partial charge in [-0.25, -0.2) is 4.68 Å². The van der Waals surface area contributed by atoms with Crippen molar-refractivity contribution in [2.75, 3.05) is 10.6 Å². The number of nitrogens with zero attached hydrogens (tertiary/aromatic N) is 2. The Morgan fingerprint density at radius 3 is 2.83 bits per heavy atom. The predicted molar refractivity (Wildman–Crippen MR) is 108 cm³/mol. The number of carbonyl (C=O) groups excluding carboxylic acids is 1. The minimum absolute atomic E-state index is 0.0213. The van der Waals surface area contributed by atoms with E-state index < -0.39 is 30.3 Å². The summed E-state index contributed by atoms with van der Waals surface area (Å²) in [6, 6.07) is 7.77. The lowest BCUT2D eigenvalue weighted by Crippen LogP contribution is -2.36. The van der Waals surface area contributed by atoms with Crippen molar-refractivity contribution in [1.82, 2.24) is 9.78 Å². The van der Waals surface area contributed by atoms with Gasteiger partial charge in [-0.3, -0.25) is 4.79 Å². The van der Waals surface area contributed by atoms with Crippen LogP contribution in [-0.4, -0.2) is 27.0 Å². The summed E-state index contributed by atoms with van der Waals surface area (Å²) >= 11 is 1.36. The Hall–Kier alpha value is -2.85. The number of aliphatic hydroxyl groups excluding tert-OH is 1. The van der Waals surface area contributed by atoms with Crippen LogP contribution in [0.5, 0.6) is 0 Å². The van der Waals surface area contributed by atoms with Crippen molar-refractivity contribution in [3.05, 3.63) is 64.0 Å². The molecular weight excluding hydrogens is 417 g/mol. The number of amides is 1. The van der Waals surface area contributed by atoms with Crippen molar-refractivity contribution in [3.63, 3.8) is 0 Å². The third kappa shape index (κ3) is 3.92. The molecule has 0 radical (unpaired) electrons. The Morgan fingerprint density at radius 2 is 2.17 bits per heavy atom. The highest BCUT2D eigenvalue weighted by Crippen LogP contribution is 2.45. The van der Waals surface area contributed by atoms with E-state index in [1.165, 1.54) is 11.3 Å².